The van der Waals surface area contributed by atoms with Gasteiger partial charge in [0.25, 0.3) is 5.91 Å². The average Bonchev–Trinajstić information content (AvgIpc) is 2.69. The first-order chi connectivity index (χ1) is 13.0. The van der Waals surface area contributed by atoms with E-state index in [0.717, 1.165) is 21.3 Å². The Balaban J connectivity index is 2.06. The van der Waals surface area contributed by atoms with Crippen molar-refractivity contribution in [1.29, 1.82) is 0 Å². The van der Waals surface area contributed by atoms with E-state index in [1.807, 2.05) is 53.1 Å². The Morgan fingerprint density at radius 3 is 2.33 bits per heavy atom. The van der Waals surface area contributed by atoms with Crippen molar-refractivity contribution >= 4 is 32.7 Å². The van der Waals surface area contributed by atoms with Crippen LogP contribution < -0.4 is 11.2 Å². The molecule has 0 aliphatic carbocycles. The standard InChI is InChI=1S/C21H14BrN3O2/c22-15-2-4-16(5-3-15)25-12-18(21(23)27)20(26)17-6-1-14(11-19(17)25)13-7-9-24-10-8-13/h1-12H,(H2,23,27). The third-order valence-corrected chi connectivity index (χ3v) is 4.92. The van der Waals surface area contributed by atoms with E-state index in [0.29, 0.717) is 10.9 Å². The molecule has 4 aromatic rings. The number of nitrogens with zero attached hydrogens (tertiary/aromatic N) is 2. The van der Waals surface area contributed by atoms with Gasteiger partial charge in [-0.25, -0.2) is 0 Å². The zero-order chi connectivity index (χ0) is 19.0. The molecule has 2 aromatic carbocycles. The number of carbonyl (C=O) groups excluding carboxylic acids is 1. The third-order valence-electron chi connectivity index (χ3n) is 4.39. The first-order valence-corrected chi connectivity index (χ1v) is 8.99. The number of pyridine rings is 2. The summed E-state index contributed by atoms with van der Waals surface area (Å²) in [5.74, 6) is -0.744. The van der Waals surface area contributed by atoms with E-state index in [-0.39, 0.29) is 11.0 Å². The highest BCUT2D eigenvalue weighted by molar-refractivity contribution is 9.10. The highest BCUT2D eigenvalue weighted by atomic mass is 79.9. The first kappa shape index (κ1) is 17.2. The Labute approximate surface area is 163 Å². The molecule has 2 aromatic heterocycles. The molecule has 0 fully saturated rings. The Hall–Kier alpha value is -3.25. The summed E-state index contributed by atoms with van der Waals surface area (Å²) in [6.45, 7) is 0. The van der Waals surface area contributed by atoms with Crippen LogP contribution in [0.3, 0.4) is 0 Å². The maximum atomic E-state index is 12.7. The number of hydrogen-bond acceptors (Lipinski definition) is 3. The van der Waals surface area contributed by atoms with E-state index in [4.69, 9.17) is 5.73 Å². The second kappa shape index (κ2) is 6.81. The first-order valence-electron chi connectivity index (χ1n) is 8.20. The minimum Gasteiger partial charge on any atom is -0.365 e. The summed E-state index contributed by atoms with van der Waals surface area (Å²) in [4.78, 5) is 28.6. The van der Waals surface area contributed by atoms with E-state index in [9.17, 15) is 9.59 Å². The summed E-state index contributed by atoms with van der Waals surface area (Å²) in [5.41, 5.74) is 8.47. The minimum absolute atomic E-state index is 0.0397. The molecule has 5 nitrogen and oxygen atoms in total. The van der Waals surface area contributed by atoms with Gasteiger partial charge in [0.15, 0.2) is 0 Å². The van der Waals surface area contributed by atoms with Gasteiger partial charge in [-0.3, -0.25) is 14.6 Å². The highest BCUT2D eigenvalue weighted by Gasteiger charge is 2.15. The number of amides is 1. The lowest BCUT2D eigenvalue weighted by Gasteiger charge is -2.14. The van der Waals surface area contributed by atoms with Crippen LogP contribution in [0.2, 0.25) is 0 Å². The van der Waals surface area contributed by atoms with Gasteiger partial charge >= 0.3 is 0 Å². The Bertz CT molecular complexity index is 1220. The maximum absolute atomic E-state index is 12.7. The molecule has 0 radical (unpaired) electrons. The molecule has 0 aliphatic rings. The summed E-state index contributed by atoms with van der Waals surface area (Å²) < 4.78 is 2.75. The summed E-state index contributed by atoms with van der Waals surface area (Å²) in [6, 6.07) is 16.9. The smallest absolute Gasteiger partial charge is 0.254 e. The molecule has 2 N–H and O–H groups in total. The van der Waals surface area contributed by atoms with Crippen LogP contribution >= 0.6 is 15.9 Å². The van der Waals surface area contributed by atoms with Crippen LogP contribution in [0.5, 0.6) is 0 Å². The van der Waals surface area contributed by atoms with Crippen LogP contribution in [0, 0.1) is 0 Å². The minimum atomic E-state index is -0.744. The van der Waals surface area contributed by atoms with Crippen LogP contribution in [0.4, 0.5) is 0 Å². The largest absolute Gasteiger partial charge is 0.365 e. The topological polar surface area (TPSA) is 78.0 Å². The molecule has 132 valence electrons. The second-order valence-corrected chi connectivity index (χ2v) is 6.97. The number of hydrogen-bond donors (Lipinski definition) is 1. The molecule has 0 atom stereocenters. The van der Waals surface area contributed by atoms with Crippen molar-refractivity contribution < 1.29 is 4.79 Å². The second-order valence-electron chi connectivity index (χ2n) is 6.05. The van der Waals surface area contributed by atoms with Gasteiger partial charge in [0, 0.05) is 34.1 Å². The lowest BCUT2D eigenvalue weighted by Crippen LogP contribution is -2.23. The molecule has 0 saturated carbocycles. The third kappa shape index (κ3) is 3.15. The molecule has 27 heavy (non-hydrogen) atoms. The summed E-state index contributed by atoms with van der Waals surface area (Å²) >= 11 is 3.42. The van der Waals surface area contributed by atoms with Crippen LogP contribution in [0.1, 0.15) is 10.4 Å². The zero-order valence-corrected chi connectivity index (χ0v) is 15.7. The van der Waals surface area contributed by atoms with Gasteiger partial charge in [0.1, 0.15) is 5.56 Å². The normalized spacial score (nSPS) is 10.9. The van der Waals surface area contributed by atoms with Gasteiger partial charge < -0.3 is 10.3 Å². The maximum Gasteiger partial charge on any atom is 0.254 e. The number of rotatable bonds is 3. The fraction of sp³-hybridized carbons (Fsp3) is 0. The lowest BCUT2D eigenvalue weighted by atomic mass is 10.0. The molecule has 4 rings (SSSR count). The molecule has 2 heterocycles. The molecule has 0 saturated heterocycles. The quantitative estimate of drug-likeness (QED) is 0.546. The number of nitrogens with two attached hydrogens (primary N) is 1. The van der Waals surface area contributed by atoms with Crippen molar-refractivity contribution in [3.8, 4) is 16.8 Å². The fourth-order valence-corrected chi connectivity index (χ4v) is 3.30. The van der Waals surface area contributed by atoms with Crippen molar-refractivity contribution in [2.75, 3.05) is 0 Å². The van der Waals surface area contributed by atoms with Crippen molar-refractivity contribution in [3.63, 3.8) is 0 Å². The van der Waals surface area contributed by atoms with Gasteiger partial charge in [0.2, 0.25) is 5.43 Å². The predicted octanol–water partition coefficient (Wildman–Crippen LogP) is 3.91. The molecule has 1 amide bonds. The van der Waals surface area contributed by atoms with Crippen LogP contribution in [-0.4, -0.2) is 15.5 Å². The van der Waals surface area contributed by atoms with E-state index < -0.39 is 5.91 Å². The van der Waals surface area contributed by atoms with Crippen LogP contribution in [-0.2, 0) is 0 Å². The number of aromatic nitrogens is 2. The molecule has 6 heteroatoms. The number of fused-ring (bicyclic) bond motifs is 1. The Morgan fingerprint density at radius 2 is 1.67 bits per heavy atom. The SMILES string of the molecule is NC(=O)c1cn(-c2ccc(Br)cc2)c2cc(-c3ccncc3)ccc2c1=O. The summed E-state index contributed by atoms with van der Waals surface area (Å²) in [6.07, 6.45) is 4.95. The van der Waals surface area contributed by atoms with Gasteiger partial charge in [-0.05, 0) is 59.7 Å². The van der Waals surface area contributed by atoms with Crippen molar-refractivity contribution in [2.24, 2.45) is 5.73 Å². The van der Waals surface area contributed by atoms with Crippen LogP contribution in [0.15, 0.2) is 82.5 Å². The van der Waals surface area contributed by atoms with Gasteiger partial charge in [-0.1, -0.05) is 22.0 Å². The van der Waals surface area contributed by atoms with E-state index in [2.05, 4.69) is 20.9 Å². The monoisotopic (exact) mass is 419 g/mol. The Morgan fingerprint density at radius 1 is 0.963 bits per heavy atom. The lowest BCUT2D eigenvalue weighted by molar-refractivity contribution is 0.0999. The molecule has 0 aliphatic heterocycles. The van der Waals surface area contributed by atoms with Crippen molar-refractivity contribution in [2.45, 2.75) is 0 Å². The molecular weight excluding hydrogens is 406 g/mol. The fourth-order valence-electron chi connectivity index (χ4n) is 3.04. The van der Waals surface area contributed by atoms with E-state index in [1.165, 1.54) is 6.20 Å². The van der Waals surface area contributed by atoms with Crippen molar-refractivity contribution in [1.82, 2.24) is 9.55 Å². The number of benzene rings is 2. The van der Waals surface area contributed by atoms with E-state index >= 15 is 0 Å². The number of primary amides is 1. The van der Waals surface area contributed by atoms with Gasteiger partial charge in [-0.15, -0.1) is 0 Å². The molecular formula is C21H14BrN3O2. The Kier molecular flexibility index (Phi) is 4.33. The predicted molar refractivity (Wildman–Crippen MR) is 109 cm³/mol. The molecule has 0 bridgehead atoms. The molecule has 0 unspecified atom stereocenters. The zero-order valence-electron chi connectivity index (χ0n) is 14.1. The summed E-state index contributed by atoms with van der Waals surface area (Å²) in [7, 11) is 0. The highest BCUT2D eigenvalue weighted by Crippen LogP contribution is 2.25. The van der Waals surface area contributed by atoms with Crippen LogP contribution in [0.25, 0.3) is 27.7 Å². The average molecular weight is 420 g/mol. The summed E-state index contributed by atoms with van der Waals surface area (Å²) in [5, 5.41) is 0.437. The van der Waals surface area contributed by atoms with Gasteiger partial charge in [0.05, 0.1) is 5.52 Å². The molecule has 0 spiro atoms. The number of halogens is 1. The van der Waals surface area contributed by atoms with Crippen molar-refractivity contribution in [3.05, 3.63) is 93.4 Å². The van der Waals surface area contributed by atoms with Gasteiger partial charge in [-0.2, -0.15) is 0 Å². The number of carbonyl (C=O) groups is 1. The van der Waals surface area contributed by atoms with E-state index in [1.54, 1.807) is 18.5 Å².